The van der Waals surface area contributed by atoms with E-state index in [4.69, 9.17) is 11.5 Å². The summed E-state index contributed by atoms with van der Waals surface area (Å²) in [6.07, 6.45) is 5.12. The number of carbonyl (C=O) groups excluding carboxylic acids is 1. The molecule has 0 bridgehead atoms. The fraction of sp³-hybridized carbons (Fsp3) is 0.522. The lowest BCUT2D eigenvalue weighted by atomic mass is 10.0. The summed E-state index contributed by atoms with van der Waals surface area (Å²) in [4.78, 5) is 41.2. The summed E-state index contributed by atoms with van der Waals surface area (Å²) >= 11 is 0. The molecular formula is C23H35N7O5. The van der Waals surface area contributed by atoms with Crippen LogP contribution in [-0.4, -0.2) is 79.4 Å². The lowest BCUT2D eigenvalue weighted by molar-refractivity contribution is -0.149. The van der Waals surface area contributed by atoms with Gasteiger partial charge in [0.15, 0.2) is 0 Å². The first-order valence-electron chi connectivity index (χ1n) is 11.7. The normalized spacial score (nSPS) is 16.7. The van der Waals surface area contributed by atoms with E-state index in [9.17, 15) is 24.6 Å². The molecular weight excluding hydrogens is 454 g/mol. The number of aryl methyl sites for hydroxylation is 1. The van der Waals surface area contributed by atoms with Gasteiger partial charge < -0.3 is 26.6 Å². The predicted octanol–water partition coefficient (Wildman–Crippen LogP) is 0.622. The average molecular weight is 490 g/mol. The average Bonchev–Trinajstić information content (AvgIpc) is 3.53. The van der Waals surface area contributed by atoms with Gasteiger partial charge in [-0.25, -0.2) is 14.9 Å². The number of rotatable bonds is 12. The molecule has 0 radical (unpaired) electrons. The van der Waals surface area contributed by atoms with Gasteiger partial charge in [-0.2, -0.15) is 5.10 Å². The highest BCUT2D eigenvalue weighted by molar-refractivity contribution is 5.88. The van der Waals surface area contributed by atoms with Gasteiger partial charge in [0.05, 0.1) is 6.04 Å². The summed E-state index contributed by atoms with van der Waals surface area (Å²) in [6.45, 7) is 0.866. The molecule has 0 unspecified atom stereocenters. The van der Waals surface area contributed by atoms with Gasteiger partial charge in [-0.1, -0.05) is 36.8 Å². The number of nitrogens with zero attached hydrogens (tertiary/aromatic N) is 3. The second-order valence-electron chi connectivity index (χ2n) is 8.32. The van der Waals surface area contributed by atoms with Crippen molar-refractivity contribution in [1.82, 2.24) is 25.4 Å². The number of hydrogen-bond donors (Lipinski definition) is 6. The molecule has 0 spiro atoms. The number of aromatic amines is 1. The van der Waals surface area contributed by atoms with Crippen LogP contribution < -0.4 is 16.8 Å². The third kappa shape index (κ3) is 9.33. The topological polar surface area (TPSA) is 201 Å². The van der Waals surface area contributed by atoms with E-state index in [1.807, 2.05) is 30.3 Å². The number of nitrogen functional groups attached to an aromatic ring is 1. The maximum atomic E-state index is 13.1. The Balaban J connectivity index is 0.000000625. The third-order valence-electron chi connectivity index (χ3n) is 5.76. The molecule has 1 aromatic heterocycles. The molecule has 1 saturated heterocycles. The summed E-state index contributed by atoms with van der Waals surface area (Å²) in [5.74, 6) is -2.02. The van der Waals surface area contributed by atoms with Crippen LogP contribution in [0.2, 0.25) is 0 Å². The molecule has 0 saturated carbocycles. The Morgan fingerprint density at radius 1 is 1.14 bits per heavy atom. The molecule has 1 amide bonds. The Morgan fingerprint density at radius 3 is 2.43 bits per heavy atom. The lowest BCUT2D eigenvalue weighted by Crippen LogP contribution is -2.54. The van der Waals surface area contributed by atoms with Crippen LogP contribution in [-0.2, 0) is 20.8 Å². The summed E-state index contributed by atoms with van der Waals surface area (Å²) in [6, 6.07) is 7.10. The largest absolute Gasteiger partial charge is 0.480 e. The summed E-state index contributed by atoms with van der Waals surface area (Å²) in [5.41, 5.74) is 11.6. The first kappa shape index (κ1) is 27.7. The van der Waals surface area contributed by atoms with E-state index in [0.29, 0.717) is 57.6 Å². The first-order valence-corrected chi connectivity index (χ1v) is 11.7. The highest BCUT2D eigenvalue weighted by Gasteiger charge is 2.38. The molecule has 12 nitrogen and oxygen atoms in total. The first-order chi connectivity index (χ1) is 16.8. The highest BCUT2D eigenvalue weighted by Crippen LogP contribution is 2.20. The number of carboxylic acids is 2. The van der Waals surface area contributed by atoms with Gasteiger partial charge in [0.2, 0.25) is 11.9 Å². The molecule has 2 heterocycles. The maximum Gasteiger partial charge on any atom is 0.326 e. The minimum atomic E-state index is -1.02. The monoisotopic (exact) mass is 489 g/mol. The number of anilines is 1. The van der Waals surface area contributed by atoms with E-state index >= 15 is 0 Å². The van der Waals surface area contributed by atoms with Crippen LogP contribution in [0.3, 0.4) is 0 Å². The molecule has 8 N–H and O–H groups in total. The van der Waals surface area contributed by atoms with Crippen molar-refractivity contribution in [1.29, 1.82) is 0 Å². The van der Waals surface area contributed by atoms with Gasteiger partial charge in [-0.15, -0.1) is 0 Å². The molecule has 12 heteroatoms. The van der Waals surface area contributed by atoms with Gasteiger partial charge >= 0.3 is 11.9 Å². The predicted molar refractivity (Wildman–Crippen MR) is 129 cm³/mol. The van der Waals surface area contributed by atoms with Crippen LogP contribution in [0.5, 0.6) is 0 Å². The molecule has 3 rings (SSSR count). The van der Waals surface area contributed by atoms with Crippen LogP contribution in [0.25, 0.3) is 0 Å². The fourth-order valence-corrected chi connectivity index (χ4v) is 3.95. The molecule has 192 valence electrons. The van der Waals surface area contributed by atoms with Gasteiger partial charge in [-0.05, 0) is 50.6 Å². The van der Waals surface area contributed by atoms with Crippen molar-refractivity contribution in [2.45, 2.75) is 63.1 Å². The summed E-state index contributed by atoms with van der Waals surface area (Å²) in [5, 5.41) is 27.9. The Labute approximate surface area is 204 Å². The molecule has 3 atom stereocenters. The van der Waals surface area contributed by atoms with E-state index in [0.717, 1.165) is 12.0 Å². The van der Waals surface area contributed by atoms with Crippen molar-refractivity contribution in [3.63, 3.8) is 0 Å². The summed E-state index contributed by atoms with van der Waals surface area (Å²) < 4.78 is 0. The Morgan fingerprint density at radius 2 is 1.89 bits per heavy atom. The Hall–Kier alpha value is -3.51. The molecule has 1 aliphatic heterocycles. The van der Waals surface area contributed by atoms with Crippen LogP contribution in [0.15, 0.2) is 36.7 Å². The molecule has 1 aliphatic rings. The van der Waals surface area contributed by atoms with Crippen molar-refractivity contribution in [3.05, 3.63) is 42.2 Å². The second-order valence-corrected chi connectivity index (χ2v) is 8.32. The van der Waals surface area contributed by atoms with Gasteiger partial charge in [0, 0.05) is 6.54 Å². The fourth-order valence-electron chi connectivity index (χ4n) is 3.95. The molecule has 0 aliphatic carbocycles. The summed E-state index contributed by atoms with van der Waals surface area (Å²) in [7, 11) is 0. The SMILES string of the molecule is NCCCC[C@H](N[C@@H](CCc1ccccc1)C(=O)O)C(=O)N1CCC[C@H]1C(=O)O.Nc1ncn[nH]1. The number of carboxylic acid groups (broad SMARTS) is 2. The number of nitrogens with one attached hydrogen (secondary N) is 2. The van der Waals surface area contributed by atoms with E-state index in [1.165, 1.54) is 11.2 Å². The third-order valence-corrected chi connectivity index (χ3v) is 5.76. The number of carbonyl (C=O) groups is 3. The molecule has 2 aromatic rings. The minimum absolute atomic E-state index is 0.335. The van der Waals surface area contributed by atoms with Crippen LogP contribution in [0, 0.1) is 0 Å². The number of unbranched alkanes of at least 4 members (excludes halogenated alkanes) is 1. The number of aliphatic carboxylic acids is 2. The van der Waals surface area contributed by atoms with Crippen molar-refractivity contribution in [2.75, 3.05) is 18.8 Å². The van der Waals surface area contributed by atoms with Crippen molar-refractivity contribution >= 4 is 23.8 Å². The van der Waals surface area contributed by atoms with Crippen LogP contribution in [0.4, 0.5) is 5.95 Å². The maximum absolute atomic E-state index is 13.1. The van der Waals surface area contributed by atoms with Gasteiger partial charge in [0.25, 0.3) is 0 Å². The highest BCUT2D eigenvalue weighted by atomic mass is 16.4. The van der Waals surface area contributed by atoms with E-state index in [-0.39, 0.29) is 5.91 Å². The number of benzene rings is 1. The van der Waals surface area contributed by atoms with Crippen molar-refractivity contribution in [3.8, 4) is 0 Å². The van der Waals surface area contributed by atoms with E-state index in [2.05, 4.69) is 20.5 Å². The number of nitrogens with two attached hydrogens (primary N) is 2. The zero-order valence-electron chi connectivity index (χ0n) is 19.7. The van der Waals surface area contributed by atoms with E-state index in [1.54, 1.807) is 0 Å². The zero-order valence-corrected chi connectivity index (χ0v) is 19.7. The van der Waals surface area contributed by atoms with Crippen molar-refractivity contribution < 1.29 is 24.6 Å². The zero-order chi connectivity index (χ0) is 25.6. The Bertz CT molecular complexity index is 910. The van der Waals surface area contributed by atoms with Crippen LogP contribution in [0.1, 0.15) is 44.1 Å². The van der Waals surface area contributed by atoms with E-state index < -0.39 is 30.1 Å². The van der Waals surface area contributed by atoms with Crippen LogP contribution >= 0.6 is 0 Å². The lowest BCUT2D eigenvalue weighted by Gasteiger charge is -2.29. The quantitative estimate of drug-likeness (QED) is 0.230. The number of amides is 1. The van der Waals surface area contributed by atoms with Crippen molar-refractivity contribution in [2.24, 2.45) is 5.73 Å². The number of likely N-dealkylation sites (tertiary alicyclic amines) is 1. The molecule has 1 aromatic carbocycles. The molecule has 35 heavy (non-hydrogen) atoms. The number of hydrogen-bond acceptors (Lipinski definition) is 8. The standard InChI is InChI=1S/C21H31N3O5.C2H4N4/c22-13-5-4-9-16(19(25)24-14-6-10-18(24)21(28)29)23-17(20(26)27)12-11-15-7-2-1-3-8-15;3-2-4-1-5-6-2/h1-3,7-8,16-18,23H,4-6,9-14,22H2,(H,26,27)(H,28,29);1H,(H3,3,4,5,6)/t16-,17-,18-;/m0./s1. The van der Waals surface area contributed by atoms with Gasteiger partial charge in [0.1, 0.15) is 18.4 Å². The minimum Gasteiger partial charge on any atom is -0.480 e. The number of H-pyrrole nitrogens is 1. The Kier molecular flexibility index (Phi) is 11.6. The number of aromatic nitrogens is 3. The second kappa shape index (κ2) is 14.7. The molecule has 1 fully saturated rings. The smallest absolute Gasteiger partial charge is 0.326 e. The van der Waals surface area contributed by atoms with Gasteiger partial charge in [-0.3, -0.25) is 14.9 Å².